The molecule has 0 aliphatic carbocycles. The third-order valence-corrected chi connectivity index (χ3v) is 0. The predicted molar refractivity (Wildman–Crippen MR) is 227 cm³/mol. The zero-order valence-corrected chi connectivity index (χ0v) is 40.0. The lowest BCUT2D eigenvalue weighted by Crippen LogP contribution is -0.856. The second-order valence-electron chi connectivity index (χ2n) is 0. The van der Waals surface area contributed by atoms with E-state index >= 15 is 0 Å². The third-order valence-electron chi connectivity index (χ3n) is 0. The molecule has 0 amide bonds. The van der Waals surface area contributed by atoms with Gasteiger partial charge in [-0.2, -0.15) is 0 Å². The van der Waals surface area contributed by atoms with Crippen molar-refractivity contribution >= 4 is 0 Å². The van der Waals surface area contributed by atoms with E-state index in [1.807, 2.05) is 277 Å². The minimum Gasteiger partial charge on any atom is -0.0683 e. The second-order valence-corrected chi connectivity index (χ2v) is 0. The van der Waals surface area contributed by atoms with E-state index in [1.54, 1.807) is 0 Å². The van der Waals surface area contributed by atoms with Crippen LogP contribution in [0.1, 0.15) is 277 Å². The summed E-state index contributed by atoms with van der Waals surface area (Å²) in [5.41, 5.74) is 0. The summed E-state index contributed by atoms with van der Waals surface area (Å²) in [6, 6.07) is 0. The molecule has 0 radical (unpaired) electrons. The molecule has 0 spiro atoms. The van der Waals surface area contributed by atoms with Crippen molar-refractivity contribution in [1.29, 1.82) is 0 Å². The number of rotatable bonds is 0. The quantitative estimate of drug-likeness (QED) is 0.259. The first kappa shape index (κ1) is 152. The molecule has 280 valence electrons. The molecule has 0 nitrogen and oxygen atoms in total. The summed E-state index contributed by atoms with van der Waals surface area (Å²) < 4.78 is 0. The summed E-state index contributed by atoms with van der Waals surface area (Å²) in [4.78, 5) is 0. The SMILES string of the molecule is CC.CC.CC.CC.CC.CC.CC.CC.CC.CC.CC.CC.CC.CC.CC.CC.CC.CC.CC.CC. The smallest absolute Gasteiger partial charge is 0.0683 e. The van der Waals surface area contributed by atoms with Crippen molar-refractivity contribution in [1.82, 2.24) is 0 Å². The van der Waals surface area contributed by atoms with Crippen molar-refractivity contribution in [3.05, 3.63) is 0 Å². The van der Waals surface area contributed by atoms with E-state index in [0.29, 0.717) is 0 Å². The van der Waals surface area contributed by atoms with Crippen LogP contribution in [-0.2, 0) is 0 Å². The predicted octanol–water partition coefficient (Wildman–Crippen LogP) is 20.5. The molecule has 40 heavy (non-hydrogen) atoms. The fraction of sp³-hybridized carbons (Fsp3) is 1.00. The van der Waals surface area contributed by atoms with Gasteiger partial charge in [0.15, 0.2) is 0 Å². The molecule has 0 saturated heterocycles. The van der Waals surface area contributed by atoms with E-state index in [9.17, 15) is 0 Å². The lowest BCUT2D eigenvalue weighted by atomic mass is 11.0. The molecule has 0 saturated carbocycles. The summed E-state index contributed by atoms with van der Waals surface area (Å²) in [5, 5.41) is 0. The average Bonchev–Trinajstić information content (AvgIpc) is 3.21. The normalized spacial score (nSPS) is 3.00. The Morgan fingerprint density at radius 1 is 0.0500 bits per heavy atom. The van der Waals surface area contributed by atoms with Gasteiger partial charge in [-0.05, 0) is 0 Å². The van der Waals surface area contributed by atoms with Crippen LogP contribution in [-0.4, -0.2) is 0 Å². The van der Waals surface area contributed by atoms with Crippen molar-refractivity contribution < 1.29 is 0 Å². The molecule has 0 aliphatic rings. The maximum absolute atomic E-state index is 2.00. The number of hydrogen-bond donors (Lipinski definition) is 0. The molecule has 0 aliphatic heterocycles. The molecule has 0 N–H and O–H groups in total. The van der Waals surface area contributed by atoms with Crippen LogP contribution in [0.2, 0.25) is 0 Å². The first-order chi connectivity index (χ1) is 20.0. The van der Waals surface area contributed by atoms with Crippen molar-refractivity contribution in [3.63, 3.8) is 0 Å². The van der Waals surface area contributed by atoms with Crippen molar-refractivity contribution in [2.45, 2.75) is 277 Å². The molecule has 0 aromatic heterocycles. The van der Waals surface area contributed by atoms with Gasteiger partial charge in [0.2, 0.25) is 0 Å². The van der Waals surface area contributed by atoms with Gasteiger partial charge in [-0.1, -0.05) is 277 Å². The molecule has 0 unspecified atom stereocenters. The average molecular weight is 601 g/mol. The highest BCUT2D eigenvalue weighted by molar-refractivity contribution is 3.54. The van der Waals surface area contributed by atoms with Gasteiger partial charge in [-0.15, -0.1) is 0 Å². The van der Waals surface area contributed by atoms with Gasteiger partial charge in [0.25, 0.3) is 0 Å². The highest BCUT2D eigenvalue weighted by atomic mass is 13.0. The van der Waals surface area contributed by atoms with E-state index < -0.39 is 0 Å². The standard InChI is InChI=1S/20C2H6/c20*1-2/h20*1-2H3. The summed E-state index contributed by atoms with van der Waals surface area (Å²) in [6.45, 7) is 80.0. The highest BCUT2D eigenvalue weighted by Crippen LogP contribution is 1.18. The lowest BCUT2D eigenvalue weighted by Gasteiger charge is -1.07. The summed E-state index contributed by atoms with van der Waals surface area (Å²) in [5.74, 6) is 0. The summed E-state index contributed by atoms with van der Waals surface area (Å²) in [6.07, 6.45) is 0. The van der Waals surface area contributed by atoms with Crippen molar-refractivity contribution in [3.8, 4) is 0 Å². The Morgan fingerprint density at radius 3 is 0.0500 bits per heavy atom. The van der Waals surface area contributed by atoms with Gasteiger partial charge in [0, 0.05) is 0 Å². The monoisotopic (exact) mass is 601 g/mol. The van der Waals surface area contributed by atoms with Gasteiger partial charge < -0.3 is 0 Å². The van der Waals surface area contributed by atoms with E-state index in [-0.39, 0.29) is 0 Å². The molecule has 0 heteroatoms. The molecule has 0 heterocycles. The van der Waals surface area contributed by atoms with Crippen molar-refractivity contribution in [2.75, 3.05) is 0 Å². The van der Waals surface area contributed by atoms with Gasteiger partial charge in [0.05, 0.1) is 0 Å². The molecular formula is C40H120. The fourth-order valence-electron chi connectivity index (χ4n) is 0. The molecule has 0 rings (SSSR count). The Hall–Kier alpha value is 0. The van der Waals surface area contributed by atoms with E-state index in [4.69, 9.17) is 0 Å². The molecule has 0 bridgehead atoms. The van der Waals surface area contributed by atoms with Crippen LogP contribution in [0.5, 0.6) is 0 Å². The van der Waals surface area contributed by atoms with Crippen LogP contribution >= 0.6 is 0 Å². The first-order valence-electron chi connectivity index (χ1n) is 20.0. The second kappa shape index (κ2) is 0. The van der Waals surface area contributed by atoms with Crippen LogP contribution in [0, 0.1) is 0 Å². The molecular weight excluding hydrogens is 480 g/mol. The summed E-state index contributed by atoms with van der Waals surface area (Å²) >= 11 is 0. The Morgan fingerprint density at radius 2 is 0.0500 bits per heavy atom. The molecule has 0 aromatic rings. The largest absolute Gasteiger partial charge is 0.0683 e. The van der Waals surface area contributed by atoms with E-state index in [1.165, 1.54) is 0 Å². The zero-order valence-electron chi connectivity index (χ0n) is 40.0. The van der Waals surface area contributed by atoms with E-state index in [0.717, 1.165) is 0 Å². The van der Waals surface area contributed by atoms with Crippen molar-refractivity contribution in [2.24, 2.45) is 0 Å². The van der Waals surface area contributed by atoms with Gasteiger partial charge >= 0.3 is 0 Å². The zero-order chi connectivity index (χ0) is 40.0. The number of hydrogen-bond acceptors (Lipinski definition) is 0. The minimum absolute atomic E-state index is 2.00. The van der Waals surface area contributed by atoms with Crippen LogP contribution in [0.4, 0.5) is 0 Å². The first-order valence-corrected chi connectivity index (χ1v) is 20.0. The third kappa shape index (κ3) is 0. The van der Waals surface area contributed by atoms with Gasteiger partial charge in [-0.3, -0.25) is 0 Å². The summed E-state index contributed by atoms with van der Waals surface area (Å²) in [7, 11) is 0. The molecule has 0 aromatic carbocycles. The maximum Gasteiger partial charge on any atom is -0.0683 e. The van der Waals surface area contributed by atoms with Gasteiger partial charge in [-0.25, -0.2) is 0 Å². The Bertz CT molecular complexity index is 0. The van der Waals surface area contributed by atoms with Crippen LogP contribution in [0.15, 0.2) is 0 Å². The van der Waals surface area contributed by atoms with E-state index in [2.05, 4.69) is 0 Å². The van der Waals surface area contributed by atoms with Gasteiger partial charge in [0.1, 0.15) is 0 Å². The Kier molecular flexibility index (Phi) is 0. The van der Waals surface area contributed by atoms with Crippen LogP contribution in [0.25, 0.3) is 0 Å². The Labute approximate surface area is 276 Å². The Balaban J connectivity index is -0.00000000585. The van der Waals surface area contributed by atoms with Crippen LogP contribution < -0.4 is 0 Å². The fourth-order valence-corrected chi connectivity index (χ4v) is 0. The molecule has 0 atom stereocenters. The maximum atomic E-state index is 2.00. The lowest BCUT2D eigenvalue weighted by molar-refractivity contribution is 1.50. The van der Waals surface area contributed by atoms with Crippen LogP contribution in [0.3, 0.4) is 0 Å². The topological polar surface area (TPSA) is 0 Å². The highest BCUT2D eigenvalue weighted by Gasteiger charge is 0.970. The molecule has 0 fully saturated rings. The minimum atomic E-state index is 2.00.